The highest BCUT2D eigenvalue weighted by atomic mass is 32.1. The number of carbonyl (C=O) groups excluding carboxylic acids is 1. The standard InChI is InChI=1S/C25H26N2O4S/c1-17-26-21(16-32-17)15-31-22-6-4-5-18(11-22)7-8-25(28)27-10-9-19-12-23(29-2)24(30-3)13-20(19)14-27/h4-8,11-13,16H,9-10,14-15H2,1-3H3/b8-7+. The molecule has 0 fully saturated rings. The van der Waals surface area contributed by atoms with E-state index in [0.29, 0.717) is 25.4 Å². The minimum Gasteiger partial charge on any atom is -0.493 e. The van der Waals surface area contributed by atoms with E-state index >= 15 is 0 Å². The number of amides is 1. The molecule has 32 heavy (non-hydrogen) atoms. The lowest BCUT2D eigenvalue weighted by atomic mass is 9.98. The largest absolute Gasteiger partial charge is 0.493 e. The highest BCUT2D eigenvalue weighted by molar-refractivity contribution is 7.09. The molecule has 0 N–H and O–H groups in total. The Morgan fingerprint density at radius 3 is 2.66 bits per heavy atom. The minimum absolute atomic E-state index is 0.0188. The summed E-state index contributed by atoms with van der Waals surface area (Å²) < 4.78 is 16.6. The molecule has 0 atom stereocenters. The Bertz CT molecular complexity index is 1140. The van der Waals surface area contributed by atoms with Gasteiger partial charge in [0.25, 0.3) is 0 Å². The van der Waals surface area contributed by atoms with Crippen LogP contribution in [0.4, 0.5) is 0 Å². The second-order valence-corrected chi connectivity index (χ2v) is 8.60. The van der Waals surface area contributed by atoms with E-state index in [-0.39, 0.29) is 5.91 Å². The summed E-state index contributed by atoms with van der Waals surface area (Å²) in [5.74, 6) is 2.13. The van der Waals surface area contributed by atoms with Gasteiger partial charge in [0, 0.05) is 24.5 Å². The number of hydrogen-bond acceptors (Lipinski definition) is 6. The van der Waals surface area contributed by atoms with Crippen LogP contribution in [0, 0.1) is 6.92 Å². The van der Waals surface area contributed by atoms with E-state index in [0.717, 1.165) is 39.7 Å². The van der Waals surface area contributed by atoms with Gasteiger partial charge in [-0.3, -0.25) is 4.79 Å². The van der Waals surface area contributed by atoms with E-state index in [9.17, 15) is 4.79 Å². The second kappa shape index (κ2) is 9.87. The number of fused-ring (bicyclic) bond motifs is 1. The second-order valence-electron chi connectivity index (χ2n) is 7.54. The van der Waals surface area contributed by atoms with Crippen LogP contribution >= 0.6 is 11.3 Å². The van der Waals surface area contributed by atoms with Gasteiger partial charge in [0.05, 0.1) is 24.9 Å². The number of carbonyl (C=O) groups is 1. The number of methoxy groups -OCH3 is 2. The van der Waals surface area contributed by atoms with E-state index in [4.69, 9.17) is 14.2 Å². The van der Waals surface area contributed by atoms with Gasteiger partial charge in [-0.25, -0.2) is 4.98 Å². The minimum atomic E-state index is -0.0188. The molecular formula is C25H26N2O4S. The number of nitrogens with zero attached hydrogens (tertiary/aromatic N) is 2. The van der Waals surface area contributed by atoms with Crippen LogP contribution < -0.4 is 14.2 Å². The van der Waals surface area contributed by atoms with Crippen molar-refractivity contribution in [2.24, 2.45) is 0 Å². The SMILES string of the molecule is COc1cc2c(cc1OC)CN(C(=O)/C=C/c1cccc(OCc3csc(C)n3)c1)CC2. The van der Waals surface area contributed by atoms with Gasteiger partial charge in [0.15, 0.2) is 11.5 Å². The van der Waals surface area contributed by atoms with Crippen molar-refractivity contribution in [1.82, 2.24) is 9.88 Å². The third-order valence-corrected chi connectivity index (χ3v) is 6.18. The lowest BCUT2D eigenvalue weighted by molar-refractivity contribution is -0.126. The Morgan fingerprint density at radius 1 is 1.16 bits per heavy atom. The fraction of sp³-hybridized carbons (Fsp3) is 0.280. The molecular weight excluding hydrogens is 424 g/mol. The van der Waals surface area contributed by atoms with Crippen molar-refractivity contribution in [1.29, 1.82) is 0 Å². The summed E-state index contributed by atoms with van der Waals surface area (Å²) in [6.45, 7) is 3.62. The molecule has 1 amide bonds. The molecule has 166 valence electrons. The highest BCUT2D eigenvalue weighted by Gasteiger charge is 2.21. The lowest BCUT2D eigenvalue weighted by Crippen LogP contribution is -2.34. The first-order chi connectivity index (χ1) is 15.6. The van der Waals surface area contributed by atoms with Crippen molar-refractivity contribution >= 4 is 23.3 Å². The summed E-state index contributed by atoms with van der Waals surface area (Å²) in [6, 6.07) is 11.7. The summed E-state index contributed by atoms with van der Waals surface area (Å²) in [7, 11) is 3.25. The van der Waals surface area contributed by atoms with Gasteiger partial charge >= 0.3 is 0 Å². The highest BCUT2D eigenvalue weighted by Crippen LogP contribution is 2.33. The molecule has 0 bridgehead atoms. The lowest BCUT2D eigenvalue weighted by Gasteiger charge is -2.28. The monoisotopic (exact) mass is 450 g/mol. The third-order valence-electron chi connectivity index (χ3n) is 5.36. The molecule has 0 aliphatic carbocycles. The van der Waals surface area contributed by atoms with Gasteiger partial charge in [-0.1, -0.05) is 12.1 Å². The predicted molar refractivity (Wildman–Crippen MR) is 125 cm³/mol. The molecule has 3 aromatic rings. The quantitative estimate of drug-likeness (QED) is 0.491. The number of thiazole rings is 1. The molecule has 0 unspecified atom stereocenters. The predicted octanol–water partition coefficient (Wildman–Crippen LogP) is 4.65. The summed E-state index contributed by atoms with van der Waals surface area (Å²) in [4.78, 5) is 19.1. The van der Waals surface area contributed by atoms with Crippen molar-refractivity contribution in [3.8, 4) is 17.2 Å². The first kappa shape index (κ1) is 21.9. The summed E-state index contributed by atoms with van der Waals surface area (Å²) in [6.07, 6.45) is 4.23. The van der Waals surface area contributed by atoms with Crippen molar-refractivity contribution in [2.45, 2.75) is 26.5 Å². The van der Waals surface area contributed by atoms with Crippen molar-refractivity contribution < 1.29 is 19.0 Å². The van der Waals surface area contributed by atoms with Gasteiger partial charge < -0.3 is 19.1 Å². The first-order valence-electron chi connectivity index (χ1n) is 10.4. The molecule has 0 radical (unpaired) electrons. The van der Waals surface area contributed by atoms with Crippen LogP contribution in [0.5, 0.6) is 17.2 Å². The van der Waals surface area contributed by atoms with Gasteiger partial charge in [-0.2, -0.15) is 0 Å². The van der Waals surface area contributed by atoms with E-state index in [1.54, 1.807) is 31.6 Å². The molecule has 2 aromatic carbocycles. The molecule has 0 spiro atoms. The van der Waals surface area contributed by atoms with Gasteiger partial charge in [0.1, 0.15) is 12.4 Å². The summed E-state index contributed by atoms with van der Waals surface area (Å²) >= 11 is 1.61. The maximum absolute atomic E-state index is 12.8. The normalized spacial score (nSPS) is 13.2. The zero-order chi connectivity index (χ0) is 22.5. The van der Waals surface area contributed by atoms with Gasteiger partial charge in [-0.15, -0.1) is 11.3 Å². The van der Waals surface area contributed by atoms with E-state index < -0.39 is 0 Å². The number of aryl methyl sites for hydroxylation is 1. The van der Waals surface area contributed by atoms with Crippen LogP contribution in [0.3, 0.4) is 0 Å². The Balaban J connectivity index is 1.39. The molecule has 7 heteroatoms. The summed E-state index contributed by atoms with van der Waals surface area (Å²) in [5, 5.41) is 3.02. The molecule has 4 rings (SSSR count). The number of rotatable bonds is 7. The zero-order valence-corrected chi connectivity index (χ0v) is 19.3. The Labute approximate surface area is 192 Å². The smallest absolute Gasteiger partial charge is 0.246 e. The Morgan fingerprint density at radius 2 is 1.94 bits per heavy atom. The van der Waals surface area contributed by atoms with Crippen molar-refractivity contribution in [3.63, 3.8) is 0 Å². The van der Waals surface area contributed by atoms with E-state index in [1.807, 2.05) is 59.7 Å². The molecule has 0 saturated heterocycles. The van der Waals surface area contributed by atoms with Crippen LogP contribution in [0.1, 0.15) is 27.4 Å². The number of benzene rings is 2. The van der Waals surface area contributed by atoms with Crippen LogP contribution in [0.15, 0.2) is 47.9 Å². The molecule has 2 heterocycles. The van der Waals surface area contributed by atoms with Crippen LogP contribution in [-0.4, -0.2) is 36.6 Å². The molecule has 1 aliphatic rings. The third kappa shape index (κ3) is 5.11. The number of hydrogen-bond donors (Lipinski definition) is 0. The fourth-order valence-corrected chi connectivity index (χ4v) is 4.28. The topological polar surface area (TPSA) is 60.9 Å². The van der Waals surface area contributed by atoms with Crippen LogP contribution in [0.2, 0.25) is 0 Å². The van der Waals surface area contributed by atoms with Crippen molar-refractivity contribution in [3.05, 3.63) is 75.2 Å². The maximum Gasteiger partial charge on any atom is 0.246 e. The molecule has 1 aliphatic heterocycles. The average molecular weight is 451 g/mol. The average Bonchev–Trinajstić information content (AvgIpc) is 3.25. The van der Waals surface area contributed by atoms with Gasteiger partial charge in [0.2, 0.25) is 5.91 Å². The van der Waals surface area contributed by atoms with Crippen molar-refractivity contribution in [2.75, 3.05) is 20.8 Å². The number of ether oxygens (including phenoxy) is 3. The van der Waals surface area contributed by atoms with E-state index in [2.05, 4.69) is 4.98 Å². The van der Waals surface area contributed by atoms with Gasteiger partial charge in [-0.05, 0) is 60.4 Å². The van der Waals surface area contributed by atoms with Crippen LogP contribution in [-0.2, 0) is 24.4 Å². The zero-order valence-electron chi connectivity index (χ0n) is 18.5. The Hall–Kier alpha value is -3.32. The maximum atomic E-state index is 12.8. The summed E-state index contributed by atoms with van der Waals surface area (Å²) in [5.41, 5.74) is 4.11. The molecule has 1 aromatic heterocycles. The molecule has 6 nitrogen and oxygen atoms in total. The fourth-order valence-electron chi connectivity index (χ4n) is 3.68. The Kier molecular flexibility index (Phi) is 6.75. The van der Waals surface area contributed by atoms with E-state index in [1.165, 1.54) is 5.56 Å². The number of aromatic nitrogens is 1. The first-order valence-corrected chi connectivity index (χ1v) is 11.3. The molecule has 0 saturated carbocycles. The van der Waals surface area contributed by atoms with Crippen LogP contribution in [0.25, 0.3) is 6.08 Å².